The predicted octanol–water partition coefficient (Wildman–Crippen LogP) is 0.740. The maximum Gasteiger partial charge on any atom is 0.527 e. The number of nitriles is 1. The Morgan fingerprint density at radius 2 is 2.40 bits per heavy atom. The first-order valence-electron chi connectivity index (χ1n) is 2.54. The summed E-state index contributed by atoms with van der Waals surface area (Å²) < 4.78 is 10.1. The van der Waals surface area contributed by atoms with Gasteiger partial charge in [-0.1, -0.05) is 6.07 Å². The second kappa shape index (κ2) is 2.99. The molecule has 0 N–H and O–H groups in total. The van der Waals surface area contributed by atoms with Crippen LogP contribution in [0, 0.1) is 11.3 Å². The first-order valence-corrected chi connectivity index (χ1v) is 3.28. The van der Waals surface area contributed by atoms with Gasteiger partial charge in [0.2, 0.25) is 0 Å². The van der Waals surface area contributed by atoms with Crippen LogP contribution in [0.3, 0.4) is 0 Å². The van der Waals surface area contributed by atoms with E-state index in [9.17, 15) is 4.21 Å². The number of rotatable bonds is 1. The van der Waals surface area contributed by atoms with Crippen molar-refractivity contribution in [2.24, 2.45) is 0 Å². The maximum atomic E-state index is 10.1. The summed E-state index contributed by atoms with van der Waals surface area (Å²) in [5.74, 6) is 0. The Morgan fingerprint density at radius 3 is 3.00 bits per heavy atom. The number of pyridine rings is 1. The third-order valence-electron chi connectivity index (χ3n) is 0.923. The molecule has 0 aromatic carbocycles. The number of nitrogens with zero attached hydrogens (tertiary/aromatic N) is 2. The zero-order valence-corrected chi connectivity index (χ0v) is 5.76. The van der Waals surface area contributed by atoms with Gasteiger partial charge in [0.05, 0.1) is 0 Å². The fourth-order valence-corrected chi connectivity index (χ4v) is 0.793. The van der Waals surface area contributed by atoms with Crippen LogP contribution in [0.15, 0.2) is 23.2 Å². The fourth-order valence-electron chi connectivity index (χ4n) is 0.524. The summed E-state index contributed by atoms with van der Waals surface area (Å²) in [6.07, 6.45) is 0. The number of hydrogen-bond acceptors (Lipinski definition) is 3. The number of hydrogen-bond donors (Lipinski definition) is 0. The zero-order valence-electron chi connectivity index (χ0n) is 4.94. The van der Waals surface area contributed by atoms with Crippen LogP contribution < -0.4 is 0 Å². The molecule has 1 rings (SSSR count). The SMILES string of the molecule is N#Cc1cccc([S+]=O)n1. The highest BCUT2D eigenvalue weighted by atomic mass is 32.1. The van der Waals surface area contributed by atoms with E-state index >= 15 is 0 Å². The minimum atomic E-state index is 0.279. The van der Waals surface area contributed by atoms with Crippen LogP contribution in [-0.2, 0) is 15.9 Å². The van der Waals surface area contributed by atoms with Gasteiger partial charge in [-0.2, -0.15) is 10.2 Å². The normalized spacial score (nSPS) is 8.30. The van der Waals surface area contributed by atoms with Crippen LogP contribution >= 0.6 is 0 Å². The maximum absolute atomic E-state index is 10.1. The lowest BCUT2D eigenvalue weighted by Gasteiger charge is -1.79. The van der Waals surface area contributed by atoms with Crippen LogP contribution in [0.1, 0.15) is 5.69 Å². The molecule has 48 valence electrons. The minimum Gasteiger partial charge on any atom is -0.191 e. The molecular formula is C6H3N2OS+. The predicted molar refractivity (Wildman–Crippen MR) is 35.3 cm³/mol. The molecule has 0 aliphatic carbocycles. The molecule has 10 heavy (non-hydrogen) atoms. The Morgan fingerprint density at radius 1 is 1.60 bits per heavy atom. The molecule has 0 saturated carbocycles. The molecule has 0 aliphatic heterocycles. The van der Waals surface area contributed by atoms with Gasteiger partial charge < -0.3 is 0 Å². The molecule has 1 aromatic rings. The van der Waals surface area contributed by atoms with Gasteiger partial charge in [0.15, 0.2) is 0 Å². The molecule has 4 heteroatoms. The Labute approximate surface area is 61.8 Å². The Balaban J connectivity index is 3.13. The summed E-state index contributed by atoms with van der Waals surface area (Å²) in [6.45, 7) is 0. The van der Waals surface area contributed by atoms with Gasteiger partial charge in [-0.25, -0.2) is 0 Å². The van der Waals surface area contributed by atoms with Crippen molar-refractivity contribution in [1.82, 2.24) is 4.98 Å². The highest BCUT2D eigenvalue weighted by Crippen LogP contribution is 1.96. The van der Waals surface area contributed by atoms with Gasteiger partial charge in [0, 0.05) is 10.3 Å². The van der Waals surface area contributed by atoms with Crippen LogP contribution in [0.5, 0.6) is 0 Å². The van der Waals surface area contributed by atoms with Gasteiger partial charge in [-0.15, -0.1) is 0 Å². The van der Waals surface area contributed by atoms with Crippen molar-refractivity contribution in [2.45, 2.75) is 5.03 Å². The molecule has 0 fully saturated rings. The summed E-state index contributed by atoms with van der Waals surface area (Å²) >= 11 is 0.286. The lowest BCUT2D eigenvalue weighted by molar-refractivity contribution is 0.603. The van der Waals surface area contributed by atoms with E-state index in [1.165, 1.54) is 0 Å². The molecule has 0 amide bonds. The second-order valence-electron chi connectivity index (χ2n) is 1.56. The monoisotopic (exact) mass is 151 g/mol. The molecule has 3 nitrogen and oxygen atoms in total. The van der Waals surface area contributed by atoms with Gasteiger partial charge >= 0.3 is 16.7 Å². The Bertz CT molecular complexity index is 292. The second-order valence-corrected chi connectivity index (χ2v) is 2.14. The Kier molecular flexibility index (Phi) is 2.03. The smallest absolute Gasteiger partial charge is 0.191 e. The summed E-state index contributed by atoms with van der Waals surface area (Å²) in [5.41, 5.74) is 0.279. The molecule has 1 heterocycles. The molecule has 0 atom stereocenters. The average Bonchev–Trinajstić information content (AvgIpc) is 2.05. The minimum absolute atomic E-state index is 0.279. The number of aromatic nitrogens is 1. The largest absolute Gasteiger partial charge is 0.527 e. The molecule has 0 bridgehead atoms. The van der Waals surface area contributed by atoms with Crippen LogP contribution in [-0.4, -0.2) is 4.98 Å². The molecule has 1 aromatic heterocycles. The van der Waals surface area contributed by atoms with Gasteiger partial charge in [-0.3, -0.25) is 0 Å². The van der Waals surface area contributed by atoms with Crippen molar-refractivity contribution >= 4 is 11.7 Å². The quantitative estimate of drug-likeness (QED) is 0.556. The lowest BCUT2D eigenvalue weighted by atomic mass is 10.4. The Hall–Kier alpha value is -1.34. The van der Waals surface area contributed by atoms with E-state index in [0.29, 0.717) is 5.03 Å². The van der Waals surface area contributed by atoms with E-state index < -0.39 is 0 Å². The van der Waals surface area contributed by atoms with E-state index in [1.807, 2.05) is 6.07 Å². The highest BCUT2D eigenvalue weighted by molar-refractivity contribution is 7.65. The van der Waals surface area contributed by atoms with E-state index in [1.54, 1.807) is 18.2 Å². The van der Waals surface area contributed by atoms with Crippen molar-refractivity contribution in [3.05, 3.63) is 23.9 Å². The van der Waals surface area contributed by atoms with Crippen molar-refractivity contribution < 1.29 is 4.21 Å². The molecular weight excluding hydrogens is 148 g/mol. The summed E-state index contributed by atoms with van der Waals surface area (Å²) in [7, 11) is 0. The summed E-state index contributed by atoms with van der Waals surface area (Å²) in [6, 6.07) is 6.59. The fraction of sp³-hybridized carbons (Fsp3) is 0. The van der Waals surface area contributed by atoms with Gasteiger partial charge in [0.1, 0.15) is 11.8 Å². The van der Waals surface area contributed by atoms with E-state index in [-0.39, 0.29) is 17.4 Å². The summed E-state index contributed by atoms with van der Waals surface area (Å²) in [5, 5.41) is 8.67. The van der Waals surface area contributed by atoms with Crippen LogP contribution in [0.25, 0.3) is 0 Å². The highest BCUT2D eigenvalue weighted by Gasteiger charge is 2.07. The lowest BCUT2D eigenvalue weighted by Crippen LogP contribution is -1.84. The third kappa shape index (κ3) is 1.33. The molecule has 0 saturated heterocycles. The topological polar surface area (TPSA) is 53.8 Å². The van der Waals surface area contributed by atoms with E-state index in [0.717, 1.165) is 0 Å². The first kappa shape index (κ1) is 6.78. The first-order chi connectivity index (χ1) is 4.86. The summed E-state index contributed by atoms with van der Waals surface area (Å²) in [4.78, 5) is 3.70. The standard InChI is InChI=1S/C6H3N2OS/c7-4-5-2-1-3-6(8-5)10-9/h1-3H/q+1. The van der Waals surface area contributed by atoms with Crippen LogP contribution in [0.2, 0.25) is 0 Å². The van der Waals surface area contributed by atoms with E-state index in [2.05, 4.69) is 4.98 Å². The molecule has 0 aliphatic rings. The van der Waals surface area contributed by atoms with Crippen molar-refractivity contribution in [1.29, 1.82) is 5.26 Å². The van der Waals surface area contributed by atoms with Gasteiger partial charge in [0.25, 0.3) is 0 Å². The van der Waals surface area contributed by atoms with Gasteiger partial charge in [-0.05, 0) is 6.07 Å². The van der Waals surface area contributed by atoms with E-state index in [4.69, 9.17) is 5.26 Å². The van der Waals surface area contributed by atoms with Crippen molar-refractivity contribution in [2.75, 3.05) is 0 Å². The molecule has 0 radical (unpaired) electrons. The van der Waals surface area contributed by atoms with Crippen molar-refractivity contribution in [3.8, 4) is 6.07 Å². The van der Waals surface area contributed by atoms with Crippen molar-refractivity contribution in [3.63, 3.8) is 0 Å². The zero-order chi connectivity index (χ0) is 7.40. The average molecular weight is 151 g/mol. The third-order valence-corrected chi connectivity index (χ3v) is 1.32. The molecule has 0 spiro atoms. The molecule has 0 unspecified atom stereocenters. The van der Waals surface area contributed by atoms with Crippen LogP contribution in [0.4, 0.5) is 0 Å².